The summed E-state index contributed by atoms with van der Waals surface area (Å²) < 4.78 is 97.1. The van der Waals surface area contributed by atoms with Gasteiger partial charge in [-0.15, -0.1) is 0 Å². The second-order valence-electron chi connectivity index (χ2n) is 19.8. The Labute approximate surface area is 383 Å². The van der Waals surface area contributed by atoms with Gasteiger partial charge in [0.05, 0.1) is 35.6 Å². The number of fused-ring (bicyclic) bond motifs is 5. The number of nitrogens with zero attached hydrogens (tertiary/aromatic N) is 2. The number of carbonyl (C=O) groups excluding carboxylic acids is 4. The Balaban J connectivity index is 1.16. The Bertz CT molecular complexity index is 2410. The Kier molecular flexibility index (Phi) is 12.9. The number of carbonyl (C=O) groups is 4. The van der Waals surface area contributed by atoms with Crippen molar-refractivity contribution in [2.24, 2.45) is 11.8 Å². The predicted octanol–water partition coefficient (Wildman–Crippen LogP) is 6.56. The minimum absolute atomic E-state index is 0.00626. The van der Waals surface area contributed by atoms with Crippen molar-refractivity contribution in [1.82, 2.24) is 25.2 Å². The zero-order chi connectivity index (χ0) is 47.4. The largest absolute Gasteiger partial charge is 0.490 e. The number of amides is 4. The third-order valence-electron chi connectivity index (χ3n) is 13.8. The summed E-state index contributed by atoms with van der Waals surface area (Å²) in [7, 11) is -4.16. The van der Waals surface area contributed by atoms with Gasteiger partial charge in [-0.25, -0.2) is 18.2 Å². The van der Waals surface area contributed by atoms with Gasteiger partial charge >= 0.3 is 12.3 Å². The van der Waals surface area contributed by atoms with E-state index in [2.05, 4.69) is 20.3 Å². The summed E-state index contributed by atoms with van der Waals surface area (Å²) in [5.41, 5.74) is -4.37. The van der Waals surface area contributed by atoms with Gasteiger partial charge in [-0.05, 0) is 89.8 Å². The average molecular weight is 944 g/mol. The minimum atomic E-state index is -4.96. The van der Waals surface area contributed by atoms with E-state index < -0.39 is 85.3 Å². The maximum atomic E-state index is 15.1. The number of alkyl halides is 3. The van der Waals surface area contributed by atoms with Gasteiger partial charge in [-0.3, -0.25) is 19.1 Å². The van der Waals surface area contributed by atoms with Crippen molar-refractivity contribution in [2.75, 3.05) is 13.2 Å². The highest BCUT2D eigenvalue weighted by atomic mass is 32.2. The Morgan fingerprint density at radius 3 is 2.47 bits per heavy atom. The predicted molar refractivity (Wildman–Crippen MR) is 236 cm³/mol. The molecular weight excluding hydrogens is 884 g/mol. The molecule has 2 unspecified atom stereocenters. The molecule has 0 bridgehead atoms. The standard InChI is InChI=1S/C47H60F3N5O10S/c1-27(2)25-62-43(59)52-36-12-10-8-6-7-9-11-30-15-18-46(30,42(58)54-66(60,61)44(5)19-20-44)53-40(56)37-24-45(26-55(37)41(36)57)17-16-33-34-23-31(64-32-21-28(3)63-29(4)22-32)13-14-35(34)51-39(38(33)65-45)47(48,49)50/h9,11,13-15,18,23,27-30,32,36-37H,6-8,10,12,16-17,19-22,24-26H2,1-5H3,(H,52,59)(H,53,56)(H,54,58)/b11-9-/t28?,29?,30-,32?,36+,37+,45-,46-/m1/s1. The van der Waals surface area contributed by atoms with Gasteiger partial charge in [-0.1, -0.05) is 51.0 Å². The molecule has 19 heteroatoms. The van der Waals surface area contributed by atoms with Crippen LogP contribution < -0.4 is 24.8 Å². The molecule has 2 aliphatic carbocycles. The topological polar surface area (TPSA) is 192 Å². The molecular formula is C47H60F3N5O10S. The quantitative estimate of drug-likeness (QED) is 0.243. The molecule has 1 saturated carbocycles. The van der Waals surface area contributed by atoms with Crippen LogP contribution in [0.4, 0.5) is 18.0 Å². The second kappa shape index (κ2) is 18.0. The molecule has 1 aromatic carbocycles. The fourth-order valence-corrected chi connectivity index (χ4v) is 11.1. The van der Waals surface area contributed by atoms with Crippen molar-refractivity contribution in [2.45, 2.75) is 164 Å². The van der Waals surface area contributed by atoms with Crippen LogP contribution in [0.2, 0.25) is 0 Å². The molecule has 1 spiro atoms. The van der Waals surface area contributed by atoms with Crippen molar-refractivity contribution in [1.29, 1.82) is 0 Å². The van der Waals surface area contributed by atoms with E-state index in [0.717, 1.165) is 0 Å². The molecule has 7 atom stereocenters. The molecule has 3 N–H and O–H groups in total. The van der Waals surface area contributed by atoms with Crippen molar-refractivity contribution in [3.8, 4) is 11.5 Å². The van der Waals surface area contributed by atoms with Gasteiger partial charge in [-0.2, -0.15) is 13.2 Å². The fourth-order valence-electron chi connectivity index (χ4n) is 9.84. The van der Waals surface area contributed by atoms with Crippen molar-refractivity contribution in [3.63, 3.8) is 0 Å². The van der Waals surface area contributed by atoms with E-state index in [1.165, 1.54) is 24.0 Å². The highest BCUT2D eigenvalue weighted by molar-refractivity contribution is 7.91. The minimum Gasteiger partial charge on any atom is -0.490 e. The van der Waals surface area contributed by atoms with Gasteiger partial charge in [0.2, 0.25) is 21.8 Å². The molecule has 3 fully saturated rings. The Hall–Kier alpha value is -4.91. The number of pyridine rings is 1. The first-order valence-electron chi connectivity index (χ1n) is 23.1. The first kappa shape index (κ1) is 47.6. The second-order valence-corrected chi connectivity index (χ2v) is 22.0. The van der Waals surface area contributed by atoms with E-state index >= 15 is 13.2 Å². The summed E-state index contributed by atoms with van der Waals surface area (Å²) in [6.45, 7) is 8.87. The molecule has 0 radical (unpaired) electrons. The van der Waals surface area contributed by atoms with Crippen LogP contribution in [0.25, 0.3) is 10.9 Å². The summed E-state index contributed by atoms with van der Waals surface area (Å²) in [6.07, 6.45) is 4.95. The van der Waals surface area contributed by atoms with E-state index in [4.69, 9.17) is 18.9 Å². The van der Waals surface area contributed by atoms with Crippen LogP contribution in [-0.2, 0) is 46.5 Å². The fraction of sp³-hybridized carbons (Fsp3) is 0.638. The van der Waals surface area contributed by atoms with E-state index in [1.807, 2.05) is 33.8 Å². The summed E-state index contributed by atoms with van der Waals surface area (Å²) in [4.78, 5) is 62.4. The van der Waals surface area contributed by atoms with Crippen LogP contribution in [0, 0.1) is 11.8 Å². The van der Waals surface area contributed by atoms with E-state index in [-0.39, 0.29) is 74.1 Å². The zero-order valence-corrected chi connectivity index (χ0v) is 38.8. The third-order valence-corrected chi connectivity index (χ3v) is 16.0. The Morgan fingerprint density at radius 2 is 1.80 bits per heavy atom. The van der Waals surface area contributed by atoms with Gasteiger partial charge < -0.3 is 34.5 Å². The monoisotopic (exact) mass is 943 g/mol. The normalized spacial score (nSPS) is 31.5. The number of benzene rings is 1. The van der Waals surface area contributed by atoms with Crippen LogP contribution in [0.1, 0.15) is 117 Å². The lowest BCUT2D eigenvalue weighted by atomic mass is 9.73. The molecule has 4 amide bonds. The molecule has 2 saturated heterocycles. The highest BCUT2D eigenvalue weighted by Gasteiger charge is 2.58. The van der Waals surface area contributed by atoms with Crippen LogP contribution >= 0.6 is 0 Å². The number of allylic oxidation sites excluding steroid dienone is 1. The smallest absolute Gasteiger partial charge is 0.437 e. The first-order chi connectivity index (χ1) is 31.1. The van der Waals surface area contributed by atoms with Crippen molar-refractivity contribution < 1.29 is 59.7 Å². The number of alkyl carbamates (subject to hydrolysis) is 1. The summed E-state index contributed by atoms with van der Waals surface area (Å²) in [6, 6.07) is 2.13. The van der Waals surface area contributed by atoms with E-state index in [1.54, 1.807) is 24.3 Å². The lowest BCUT2D eigenvalue weighted by Crippen LogP contribution is -2.67. The van der Waals surface area contributed by atoms with Crippen LogP contribution in [0.5, 0.6) is 11.5 Å². The first-order valence-corrected chi connectivity index (χ1v) is 24.6. The lowest BCUT2D eigenvalue weighted by molar-refractivity contribution is -0.144. The van der Waals surface area contributed by atoms with Gasteiger partial charge in [0, 0.05) is 36.1 Å². The zero-order valence-electron chi connectivity index (χ0n) is 38.0. The SMILES string of the molecule is CC(C)COC(=O)N[C@H]1CCCCC/C=C\[C@@H]2C=C[C@@]2(C(=O)NS(=O)(=O)C2(C)CC2)NC(=O)[C@@H]2C[C@]3(CCc4c(c(C(F)(F)F)nc5ccc(OC6CC(C)OC(C)C6)cc45)O3)CN2C1=O. The molecule has 1 aromatic heterocycles. The molecule has 6 aliphatic rings. The van der Waals surface area contributed by atoms with Gasteiger partial charge in [0.25, 0.3) is 5.91 Å². The number of sulfonamides is 1. The van der Waals surface area contributed by atoms with Crippen molar-refractivity contribution >= 4 is 44.7 Å². The van der Waals surface area contributed by atoms with Crippen LogP contribution in [0.3, 0.4) is 0 Å². The maximum absolute atomic E-state index is 15.1. The van der Waals surface area contributed by atoms with Gasteiger partial charge in [0.15, 0.2) is 11.4 Å². The summed E-state index contributed by atoms with van der Waals surface area (Å²) >= 11 is 0. The molecule has 5 heterocycles. The molecule has 4 aliphatic heterocycles. The van der Waals surface area contributed by atoms with Crippen molar-refractivity contribution in [3.05, 3.63) is 53.8 Å². The summed E-state index contributed by atoms with van der Waals surface area (Å²) in [5, 5.41) is 5.88. The van der Waals surface area contributed by atoms with Crippen LogP contribution in [-0.4, -0.2) is 102 Å². The summed E-state index contributed by atoms with van der Waals surface area (Å²) in [5.74, 6) is -3.37. The number of rotatable bonds is 8. The molecule has 2 aromatic rings. The number of ether oxygens (including phenoxy) is 4. The molecule has 66 heavy (non-hydrogen) atoms. The average Bonchev–Trinajstić information content (AvgIpc) is 3.90. The van der Waals surface area contributed by atoms with Gasteiger partial charge in [0.1, 0.15) is 35.1 Å². The number of aromatic nitrogens is 1. The van der Waals surface area contributed by atoms with E-state index in [0.29, 0.717) is 62.5 Å². The molecule has 360 valence electrons. The third kappa shape index (κ3) is 9.60. The molecule has 15 nitrogen and oxygen atoms in total. The van der Waals surface area contributed by atoms with Crippen LogP contribution in [0.15, 0.2) is 42.5 Å². The number of halogens is 3. The Morgan fingerprint density at radius 1 is 1.06 bits per heavy atom. The lowest BCUT2D eigenvalue weighted by Gasteiger charge is -2.42. The number of hydrogen-bond donors (Lipinski definition) is 3. The molecule has 8 rings (SSSR count). The number of nitrogens with one attached hydrogen (secondary N) is 3. The number of aryl methyl sites for hydroxylation is 1. The number of hydrogen-bond acceptors (Lipinski definition) is 11. The maximum Gasteiger partial charge on any atom is 0.437 e. The van der Waals surface area contributed by atoms with E-state index in [9.17, 15) is 27.6 Å². The highest BCUT2D eigenvalue weighted by Crippen LogP contribution is 2.49.